The fourth-order valence-corrected chi connectivity index (χ4v) is 4.13. The molecule has 1 aromatic rings. The minimum absolute atomic E-state index is 0.101. The maximum Gasteiger partial charge on any atom is 0.242 e. The first-order valence-electron chi connectivity index (χ1n) is 5.99. The summed E-state index contributed by atoms with van der Waals surface area (Å²) in [6.07, 6.45) is 0.0175. The van der Waals surface area contributed by atoms with Gasteiger partial charge in [-0.3, -0.25) is 0 Å². The molecule has 0 saturated carbocycles. The van der Waals surface area contributed by atoms with Gasteiger partial charge >= 0.3 is 0 Å². The molecule has 6 nitrogen and oxygen atoms in total. The molecule has 0 aromatic heterocycles. The van der Waals surface area contributed by atoms with Crippen LogP contribution >= 0.6 is 11.6 Å². The Hall–Kier alpha value is -0.670. The van der Waals surface area contributed by atoms with Crippen LogP contribution in [0, 0.1) is 0 Å². The predicted molar refractivity (Wildman–Crippen MR) is 80.6 cm³/mol. The van der Waals surface area contributed by atoms with Crippen molar-refractivity contribution in [1.29, 1.82) is 0 Å². The van der Waals surface area contributed by atoms with Crippen LogP contribution in [0.2, 0.25) is 5.02 Å². The summed E-state index contributed by atoms with van der Waals surface area (Å²) in [6, 6.07) is 3.44. The molecule has 0 aliphatic heterocycles. The average Bonchev–Trinajstić information content (AvgIpc) is 2.25. The van der Waals surface area contributed by atoms with Crippen molar-refractivity contribution >= 4 is 31.5 Å². The van der Waals surface area contributed by atoms with Crippen LogP contribution in [0.25, 0.3) is 0 Å². The van der Waals surface area contributed by atoms with Crippen LogP contribution in [0.5, 0.6) is 0 Å². The van der Waals surface area contributed by atoms with E-state index < -0.39 is 31.5 Å². The van der Waals surface area contributed by atoms with E-state index >= 15 is 0 Å². The van der Waals surface area contributed by atoms with Crippen molar-refractivity contribution in [3.63, 3.8) is 0 Å². The highest BCUT2D eigenvalue weighted by atomic mass is 35.5. The van der Waals surface area contributed by atoms with Crippen LogP contribution in [0.15, 0.2) is 28.0 Å². The van der Waals surface area contributed by atoms with Crippen LogP contribution in [-0.4, -0.2) is 39.8 Å². The maximum atomic E-state index is 12.4. The molecule has 0 saturated heterocycles. The third-order valence-corrected chi connectivity index (χ3v) is 6.33. The molecule has 0 heterocycles. The first-order chi connectivity index (χ1) is 9.27. The summed E-state index contributed by atoms with van der Waals surface area (Å²) in [5.74, 6) is 0. The molecule has 0 aliphatic carbocycles. The number of nitrogens with one attached hydrogen (secondary N) is 1. The molecular formula is C12H18ClNO5S2. The van der Waals surface area contributed by atoms with Gasteiger partial charge in [0.1, 0.15) is 4.90 Å². The predicted octanol–water partition coefficient (Wildman–Crippen LogP) is 1.18. The van der Waals surface area contributed by atoms with Crippen LogP contribution in [0.4, 0.5) is 0 Å². The molecule has 0 amide bonds. The molecule has 0 aliphatic rings. The van der Waals surface area contributed by atoms with Gasteiger partial charge in [-0.15, -0.1) is 0 Å². The van der Waals surface area contributed by atoms with Crippen LogP contribution in [0.1, 0.15) is 20.8 Å². The summed E-state index contributed by atoms with van der Waals surface area (Å²) < 4.78 is 50.0. The summed E-state index contributed by atoms with van der Waals surface area (Å²) in [7, 11) is -7.65. The Bertz CT molecular complexity index is 739. The van der Waals surface area contributed by atoms with Gasteiger partial charge in [0.25, 0.3) is 0 Å². The summed E-state index contributed by atoms with van der Waals surface area (Å²) in [4.78, 5) is -0.497. The van der Waals surface area contributed by atoms with Gasteiger partial charge in [0.15, 0.2) is 9.84 Å². The Labute approximate surface area is 130 Å². The highest BCUT2D eigenvalue weighted by molar-refractivity contribution is 7.91. The molecule has 120 valence electrons. The summed E-state index contributed by atoms with van der Waals surface area (Å²) >= 11 is 5.86. The number of rotatable bonds is 5. The lowest BCUT2D eigenvalue weighted by Gasteiger charge is -2.29. The first-order valence-corrected chi connectivity index (χ1v) is 9.74. The average molecular weight is 356 g/mol. The van der Waals surface area contributed by atoms with Crippen molar-refractivity contribution in [2.75, 3.05) is 6.26 Å². The SMILES string of the molecule is CC(O)C(C)(C)NS(=O)(=O)c1cc(S(C)(=O)=O)ccc1Cl. The molecule has 21 heavy (non-hydrogen) atoms. The zero-order valence-corrected chi connectivity index (χ0v) is 14.5. The fourth-order valence-electron chi connectivity index (χ4n) is 1.41. The van der Waals surface area contributed by atoms with Crippen molar-refractivity contribution in [2.45, 2.75) is 42.2 Å². The van der Waals surface area contributed by atoms with Gasteiger partial charge in [-0.2, -0.15) is 0 Å². The van der Waals surface area contributed by atoms with E-state index in [1.807, 2.05) is 0 Å². The summed E-state index contributed by atoms with van der Waals surface area (Å²) in [6.45, 7) is 4.45. The Morgan fingerprint density at radius 3 is 2.19 bits per heavy atom. The minimum atomic E-state index is -4.08. The second-order valence-corrected chi connectivity index (χ2v) is 9.44. The van der Waals surface area contributed by atoms with Gasteiger partial charge in [-0.05, 0) is 39.0 Å². The number of hydrogen-bond acceptors (Lipinski definition) is 5. The van der Waals surface area contributed by atoms with Crippen LogP contribution in [0.3, 0.4) is 0 Å². The Kier molecular flexibility index (Phi) is 5.12. The number of hydrogen-bond donors (Lipinski definition) is 2. The fraction of sp³-hybridized carbons (Fsp3) is 0.500. The lowest BCUT2D eigenvalue weighted by Crippen LogP contribution is -2.50. The Morgan fingerprint density at radius 2 is 1.76 bits per heavy atom. The molecule has 1 aromatic carbocycles. The number of aliphatic hydroxyl groups is 1. The monoisotopic (exact) mass is 355 g/mol. The standard InChI is InChI=1S/C12H18ClNO5S2/c1-8(15)12(2,3)14-21(18,19)11-7-9(20(4,16)17)5-6-10(11)13/h5-8,14-15H,1-4H3. The Balaban J connectivity index is 3.39. The zero-order chi connectivity index (χ0) is 16.6. The molecule has 9 heteroatoms. The van der Waals surface area contributed by atoms with Crippen molar-refractivity contribution in [2.24, 2.45) is 0 Å². The summed E-state index contributed by atoms with van der Waals surface area (Å²) in [5.41, 5.74) is -1.14. The van der Waals surface area contributed by atoms with Gasteiger partial charge in [0.05, 0.1) is 21.6 Å². The minimum Gasteiger partial charge on any atom is -0.391 e. The topological polar surface area (TPSA) is 101 Å². The molecule has 1 unspecified atom stereocenters. The second kappa shape index (κ2) is 5.85. The molecule has 0 radical (unpaired) electrons. The second-order valence-electron chi connectivity index (χ2n) is 5.37. The highest BCUT2D eigenvalue weighted by Gasteiger charge is 2.32. The van der Waals surface area contributed by atoms with Crippen LogP contribution < -0.4 is 4.72 Å². The Morgan fingerprint density at radius 1 is 1.24 bits per heavy atom. The van der Waals surface area contributed by atoms with Crippen LogP contribution in [-0.2, 0) is 19.9 Å². The van der Waals surface area contributed by atoms with E-state index in [1.165, 1.54) is 32.9 Å². The third-order valence-electron chi connectivity index (χ3n) is 3.06. The molecule has 2 N–H and O–H groups in total. The molecule has 1 rings (SSSR count). The maximum absolute atomic E-state index is 12.4. The first kappa shape index (κ1) is 18.4. The van der Waals surface area contributed by atoms with Crippen molar-refractivity contribution in [3.8, 4) is 0 Å². The van der Waals surface area contributed by atoms with E-state index in [9.17, 15) is 21.9 Å². The summed E-state index contributed by atoms with van der Waals surface area (Å²) in [5, 5.41) is 9.49. The number of aliphatic hydroxyl groups excluding tert-OH is 1. The number of sulfonamides is 1. The van der Waals surface area contributed by atoms with Crippen molar-refractivity contribution in [3.05, 3.63) is 23.2 Å². The highest BCUT2D eigenvalue weighted by Crippen LogP contribution is 2.26. The van der Waals surface area contributed by atoms with E-state index in [2.05, 4.69) is 4.72 Å². The number of sulfone groups is 1. The molecular weight excluding hydrogens is 338 g/mol. The molecule has 1 atom stereocenters. The lowest BCUT2D eigenvalue weighted by molar-refractivity contribution is 0.111. The number of benzene rings is 1. The molecule has 0 spiro atoms. The van der Waals surface area contributed by atoms with E-state index in [0.717, 1.165) is 12.3 Å². The van der Waals surface area contributed by atoms with Gasteiger partial charge < -0.3 is 5.11 Å². The largest absolute Gasteiger partial charge is 0.391 e. The van der Waals surface area contributed by atoms with Gasteiger partial charge in [0, 0.05) is 6.26 Å². The van der Waals surface area contributed by atoms with Crippen molar-refractivity contribution in [1.82, 2.24) is 4.72 Å². The van der Waals surface area contributed by atoms with E-state index in [1.54, 1.807) is 0 Å². The van der Waals surface area contributed by atoms with Gasteiger partial charge in [-0.25, -0.2) is 21.6 Å². The van der Waals surface area contributed by atoms with Gasteiger partial charge in [-0.1, -0.05) is 11.6 Å². The number of halogens is 1. The smallest absolute Gasteiger partial charge is 0.242 e. The third kappa shape index (κ3) is 4.40. The molecule has 0 fully saturated rings. The lowest BCUT2D eigenvalue weighted by atomic mass is 10.0. The van der Waals surface area contributed by atoms with E-state index in [0.29, 0.717) is 0 Å². The van der Waals surface area contributed by atoms with E-state index in [-0.39, 0.29) is 14.8 Å². The zero-order valence-electron chi connectivity index (χ0n) is 12.1. The van der Waals surface area contributed by atoms with Crippen molar-refractivity contribution < 1.29 is 21.9 Å². The van der Waals surface area contributed by atoms with Gasteiger partial charge in [0.2, 0.25) is 10.0 Å². The molecule has 0 bridgehead atoms. The van der Waals surface area contributed by atoms with E-state index in [4.69, 9.17) is 11.6 Å². The quantitative estimate of drug-likeness (QED) is 0.826. The normalized spacial score (nSPS) is 15.0.